The minimum atomic E-state index is 0.566. The molecule has 0 fully saturated rings. The van der Waals surface area contributed by atoms with Crippen LogP contribution in [0.5, 0.6) is 0 Å². The quantitative estimate of drug-likeness (QED) is 0.768. The molecule has 0 aliphatic carbocycles. The van der Waals surface area contributed by atoms with Crippen LogP contribution in [-0.2, 0) is 0 Å². The van der Waals surface area contributed by atoms with Gasteiger partial charge < -0.3 is 5.32 Å². The second kappa shape index (κ2) is 5.15. The molecule has 104 valence electrons. The van der Waals surface area contributed by atoms with E-state index in [0.29, 0.717) is 11.4 Å². The molecule has 0 atom stereocenters. The molecule has 5 heteroatoms. The van der Waals surface area contributed by atoms with Crippen LogP contribution >= 0.6 is 11.3 Å². The van der Waals surface area contributed by atoms with E-state index in [0.717, 1.165) is 26.6 Å². The van der Waals surface area contributed by atoms with Crippen LogP contribution in [0.1, 0.15) is 22.4 Å². The van der Waals surface area contributed by atoms with Gasteiger partial charge in [-0.15, -0.1) is 0 Å². The van der Waals surface area contributed by atoms with Crippen LogP contribution in [0.3, 0.4) is 0 Å². The molecule has 21 heavy (non-hydrogen) atoms. The number of anilines is 2. The van der Waals surface area contributed by atoms with Crippen LogP contribution in [0, 0.1) is 32.1 Å². The van der Waals surface area contributed by atoms with E-state index < -0.39 is 0 Å². The Morgan fingerprint density at radius 2 is 1.95 bits per heavy atom. The number of rotatable bonds is 2. The van der Waals surface area contributed by atoms with Crippen molar-refractivity contribution in [3.63, 3.8) is 0 Å². The van der Waals surface area contributed by atoms with E-state index in [9.17, 15) is 5.26 Å². The summed E-state index contributed by atoms with van der Waals surface area (Å²) in [5.74, 6) is 0.575. The molecule has 1 aromatic carbocycles. The molecule has 2 aromatic heterocycles. The summed E-state index contributed by atoms with van der Waals surface area (Å²) in [5.41, 5.74) is 4.53. The standard InChI is InChI=1S/C16H14N4S/c1-9-4-5-13-14(6-9)21-16(19-13)20-15-12(8-17)10(2)7-11(3)18-15/h4-7H,1-3H3,(H,18,19,20). The molecular formula is C16H14N4S. The summed E-state index contributed by atoms with van der Waals surface area (Å²) in [7, 11) is 0. The zero-order chi connectivity index (χ0) is 15.0. The van der Waals surface area contributed by atoms with Gasteiger partial charge in [-0.3, -0.25) is 0 Å². The Labute approximate surface area is 127 Å². The smallest absolute Gasteiger partial charge is 0.189 e. The number of nitrogens with one attached hydrogen (secondary N) is 1. The Hall–Kier alpha value is -2.45. The lowest BCUT2D eigenvalue weighted by atomic mass is 10.1. The molecule has 0 bridgehead atoms. The Kier molecular flexibility index (Phi) is 3.32. The maximum atomic E-state index is 9.30. The summed E-state index contributed by atoms with van der Waals surface area (Å²) in [6.45, 7) is 5.90. The Bertz CT molecular complexity index is 874. The van der Waals surface area contributed by atoms with Crippen molar-refractivity contribution in [2.24, 2.45) is 0 Å². The monoisotopic (exact) mass is 294 g/mol. The van der Waals surface area contributed by atoms with Crippen molar-refractivity contribution in [2.75, 3.05) is 5.32 Å². The van der Waals surface area contributed by atoms with E-state index in [-0.39, 0.29) is 0 Å². The Morgan fingerprint density at radius 1 is 1.14 bits per heavy atom. The van der Waals surface area contributed by atoms with E-state index >= 15 is 0 Å². The molecule has 0 amide bonds. The van der Waals surface area contributed by atoms with Crippen molar-refractivity contribution in [1.82, 2.24) is 9.97 Å². The minimum Gasteiger partial charge on any atom is -0.315 e. The molecule has 2 heterocycles. The first-order chi connectivity index (χ1) is 10.1. The maximum absolute atomic E-state index is 9.30. The van der Waals surface area contributed by atoms with E-state index in [2.05, 4.69) is 34.3 Å². The number of hydrogen-bond donors (Lipinski definition) is 1. The average molecular weight is 294 g/mol. The lowest BCUT2D eigenvalue weighted by Crippen LogP contribution is -2.00. The fourth-order valence-corrected chi connectivity index (χ4v) is 3.22. The predicted octanol–water partition coefficient (Wildman–Crippen LogP) is 4.23. The summed E-state index contributed by atoms with van der Waals surface area (Å²) >= 11 is 1.57. The third kappa shape index (κ3) is 2.58. The molecule has 0 aliphatic rings. The second-order valence-electron chi connectivity index (χ2n) is 5.03. The lowest BCUT2D eigenvalue weighted by molar-refractivity contribution is 1.16. The molecular weight excluding hydrogens is 280 g/mol. The maximum Gasteiger partial charge on any atom is 0.189 e. The van der Waals surface area contributed by atoms with Crippen LogP contribution in [0.4, 0.5) is 10.9 Å². The second-order valence-corrected chi connectivity index (χ2v) is 6.06. The van der Waals surface area contributed by atoms with Crippen LogP contribution in [0.25, 0.3) is 10.2 Å². The summed E-state index contributed by atoms with van der Waals surface area (Å²) in [5, 5.41) is 13.2. The number of aromatic nitrogens is 2. The molecule has 0 spiro atoms. The van der Waals surface area contributed by atoms with Gasteiger partial charge in [-0.25, -0.2) is 9.97 Å². The fourth-order valence-electron chi connectivity index (χ4n) is 2.25. The number of nitrogens with zero attached hydrogens (tertiary/aromatic N) is 3. The summed E-state index contributed by atoms with van der Waals surface area (Å²) in [4.78, 5) is 8.96. The van der Waals surface area contributed by atoms with Gasteiger partial charge in [-0.2, -0.15) is 5.26 Å². The van der Waals surface area contributed by atoms with E-state index in [1.165, 1.54) is 5.56 Å². The molecule has 0 saturated carbocycles. The van der Waals surface area contributed by atoms with Crippen LogP contribution in [-0.4, -0.2) is 9.97 Å². The fraction of sp³-hybridized carbons (Fsp3) is 0.188. The van der Waals surface area contributed by atoms with Crippen molar-refractivity contribution in [3.05, 3.63) is 46.6 Å². The van der Waals surface area contributed by atoms with Crippen LogP contribution in [0.15, 0.2) is 24.3 Å². The van der Waals surface area contributed by atoms with Crippen molar-refractivity contribution in [1.29, 1.82) is 5.26 Å². The molecule has 4 nitrogen and oxygen atoms in total. The van der Waals surface area contributed by atoms with Gasteiger partial charge in [0, 0.05) is 5.69 Å². The average Bonchev–Trinajstić information content (AvgIpc) is 2.79. The molecule has 3 aromatic rings. The number of thiazole rings is 1. The van der Waals surface area contributed by atoms with Crippen LogP contribution < -0.4 is 5.32 Å². The highest BCUT2D eigenvalue weighted by molar-refractivity contribution is 7.22. The van der Waals surface area contributed by atoms with Crippen LogP contribution in [0.2, 0.25) is 0 Å². The van der Waals surface area contributed by atoms with Crippen molar-refractivity contribution < 1.29 is 0 Å². The largest absolute Gasteiger partial charge is 0.315 e. The van der Waals surface area contributed by atoms with Gasteiger partial charge in [-0.05, 0) is 50.1 Å². The van der Waals surface area contributed by atoms with Crippen molar-refractivity contribution in [3.8, 4) is 6.07 Å². The van der Waals surface area contributed by atoms with Gasteiger partial charge >= 0.3 is 0 Å². The third-order valence-electron chi connectivity index (χ3n) is 3.23. The van der Waals surface area contributed by atoms with Gasteiger partial charge in [-0.1, -0.05) is 17.4 Å². The van der Waals surface area contributed by atoms with Gasteiger partial charge in [0.1, 0.15) is 6.07 Å². The van der Waals surface area contributed by atoms with Crippen molar-refractivity contribution >= 4 is 32.5 Å². The first-order valence-electron chi connectivity index (χ1n) is 6.59. The van der Waals surface area contributed by atoms with Gasteiger partial charge in [0.15, 0.2) is 10.9 Å². The first kappa shape index (κ1) is 13.5. The van der Waals surface area contributed by atoms with Gasteiger partial charge in [0.05, 0.1) is 15.8 Å². The number of hydrogen-bond acceptors (Lipinski definition) is 5. The lowest BCUT2D eigenvalue weighted by Gasteiger charge is -2.07. The summed E-state index contributed by atoms with van der Waals surface area (Å²) in [6, 6.07) is 10.3. The molecule has 0 radical (unpaired) electrons. The Balaban J connectivity index is 2.04. The van der Waals surface area contributed by atoms with Gasteiger partial charge in [0.25, 0.3) is 0 Å². The summed E-state index contributed by atoms with van der Waals surface area (Å²) in [6.07, 6.45) is 0. The molecule has 1 N–H and O–H groups in total. The number of pyridine rings is 1. The SMILES string of the molecule is Cc1ccc2nc(Nc3nc(C)cc(C)c3C#N)sc2c1. The molecule has 0 aliphatic heterocycles. The number of aryl methyl sites for hydroxylation is 3. The number of benzene rings is 1. The highest BCUT2D eigenvalue weighted by Gasteiger charge is 2.11. The number of fused-ring (bicyclic) bond motifs is 1. The first-order valence-corrected chi connectivity index (χ1v) is 7.41. The Morgan fingerprint density at radius 3 is 2.71 bits per heavy atom. The van der Waals surface area contributed by atoms with E-state index in [1.807, 2.05) is 32.0 Å². The van der Waals surface area contributed by atoms with Crippen molar-refractivity contribution in [2.45, 2.75) is 20.8 Å². The minimum absolute atomic E-state index is 0.566. The van der Waals surface area contributed by atoms with E-state index in [4.69, 9.17) is 0 Å². The zero-order valence-corrected chi connectivity index (χ0v) is 12.9. The third-order valence-corrected chi connectivity index (χ3v) is 4.16. The highest BCUT2D eigenvalue weighted by atomic mass is 32.1. The van der Waals surface area contributed by atoms with E-state index in [1.54, 1.807) is 11.3 Å². The molecule has 3 rings (SSSR count). The zero-order valence-electron chi connectivity index (χ0n) is 12.1. The normalized spacial score (nSPS) is 10.6. The molecule has 0 saturated heterocycles. The molecule has 0 unspecified atom stereocenters. The van der Waals surface area contributed by atoms with Gasteiger partial charge in [0.2, 0.25) is 0 Å². The highest BCUT2D eigenvalue weighted by Crippen LogP contribution is 2.30. The topological polar surface area (TPSA) is 61.6 Å². The predicted molar refractivity (Wildman–Crippen MR) is 86.1 cm³/mol. The summed E-state index contributed by atoms with van der Waals surface area (Å²) < 4.78 is 1.13. The number of nitriles is 1.